The highest BCUT2D eigenvalue weighted by molar-refractivity contribution is 7.13. The molecule has 0 aliphatic heterocycles. The predicted molar refractivity (Wildman–Crippen MR) is 96.0 cm³/mol. The molecule has 0 radical (unpaired) electrons. The highest BCUT2D eigenvalue weighted by Gasteiger charge is 2.20. The van der Waals surface area contributed by atoms with Crippen molar-refractivity contribution >= 4 is 11.3 Å². The molecule has 3 rings (SSSR count). The van der Waals surface area contributed by atoms with Crippen LogP contribution in [0.25, 0.3) is 21.8 Å². The van der Waals surface area contributed by atoms with Crippen molar-refractivity contribution in [3.63, 3.8) is 0 Å². The second-order valence-corrected chi connectivity index (χ2v) is 7.30. The molecule has 118 valence electrons. The number of ether oxygens (including phenoxy) is 1. The molecule has 0 amide bonds. The monoisotopic (exact) mass is 324 g/mol. The molecular formula is C19H20N2OS. The van der Waals surface area contributed by atoms with Crippen molar-refractivity contribution in [2.24, 2.45) is 0 Å². The van der Waals surface area contributed by atoms with Crippen molar-refractivity contribution in [2.45, 2.75) is 26.2 Å². The van der Waals surface area contributed by atoms with Crippen LogP contribution in [0.15, 0.2) is 48.1 Å². The number of rotatable bonds is 3. The topological polar surface area (TPSA) is 35.0 Å². The first kappa shape index (κ1) is 15.7. The first-order chi connectivity index (χ1) is 11.0. The van der Waals surface area contributed by atoms with E-state index >= 15 is 0 Å². The molecule has 1 aromatic carbocycles. The molecule has 2 aromatic heterocycles. The van der Waals surface area contributed by atoms with Gasteiger partial charge in [-0.2, -0.15) is 0 Å². The molecule has 23 heavy (non-hydrogen) atoms. The second-order valence-electron chi connectivity index (χ2n) is 6.44. The van der Waals surface area contributed by atoms with Gasteiger partial charge in [0.2, 0.25) is 0 Å². The fraction of sp³-hybridized carbons (Fsp3) is 0.263. The number of nitrogens with zero attached hydrogens (tertiary/aromatic N) is 2. The molecule has 0 unspecified atom stereocenters. The lowest BCUT2D eigenvalue weighted by molar-refractivity contribution is 0.415. The molecule has 0 fully saturated rings. The van der Waals surface area contributed by atoms with Gasteiger partial charge in [0.1, 0.15) is 10.8 Å². The Hall–Kier alpha value is -2.20. The molecular weight excluding hydrogens is 304 g/mol. The fourth-order valence-corrected chi connectivity index (χ4v) is 3.36. The van der Waals surface area contributed by atoms with Crippen LogP contribution >= 0.6 is 11.3 Å². The Kier molecular flexibility index (Phi) is 4.18. The summed E-state index contributed by atoms with van der Waals surface area (Å²) < 4.78 is 5.21. The van der Waals surface area contributed by atoms with Gasteiger partial charge < -0.3 is 4.74 Å². The SMILES string of the molecule is COc1ccc(-c2csc(-c3cnccc3C(C)(C)C)n2)cc1. The number of aromatic nitrogens is 2. The number of pyridine rings is 1. The van der Waals surface area contributed by atoms with Crippen LogP contribution in [0.1, 0.15) is 26.3 Å². The lowest BCUT2D eigenvalue weighted by atomic mass is 9.85. The second kappa shape index (κ2) is 6.13. The maximum absolute atomic E-state index is 5.21. The molecule has 4 heteroatoms. The number of hydrogen-bond acceptors (Lipinski definition) is 4. The summed E-state index contributed by atoms with van der Waals surface area (Å²) in [7, 11) is 1.67. The maximum atomic E-state index is 5.21. The largest absolute Gasteiger partial charge is 0.497 e. The van der Waals surface area contributed by atoms with E-state index < -0.39 is 0 Å². The molecule has 0 aliphatic rings. The van der Waals surface area contributed by atoms with Gasteiger partial charge in [-0.3, -0.25) is 4.98 Å². The lowest BCUT2D eigenvalue weighted by Crippen LogP contribution is -2.12. The Morgan fingerprint density at radius 1 is 1.04 bits per heavy atom. The number of hydrogen-bond donors (Lipinski definition) is 0. The van der Waals surface area contributed by atoms with E-state index in [0.717, 1.165) is 27.6 Å². The molecule has 2 heterocycles. The van der Waals surface area contributed by atoms with Crippen LogP contribution in [-0.4, -0.2) is 17.1 Å². The van der Waals surface area contributed by atoms with E-state index in [4.69, 9.17) is 9.72 Å². The van der Waals surface area contributed by atoms with Gasteiger partial charge in [0.25, 0.3) is 0 Å². The number of benzene rings is 1. The van der Waals surface area contributed by atoms with Crippen LogP contribution in [0.4, 0.5) is 0 Å². The minimum Gasteiger partial charge on any atom is -0.497 e. The van der Waals surface area contributed by atoms with E-state index in [2.05, 4.69) is 37.2 Å². The van der Waals surface area contributed by atoms with Crippen molar-refractivity contribution < 1.29 is 4.74 Å². The van der Waals surface area contributed by atoms with Gasteiger partial charge in [0.15, 0.2) is 0 Å². The summed E-state index contributed by atoms with van der Waals surface area (Å²) in [6, 6.07) is 10.1. The van der Waals surface area contributed by atoms with Crippen molar-refractivity contribution in [2.75, 3.05) is 7.11 Å². The summed E-state index contributed by atoms with van der Waals surface area (Å²) in [5.41, 5.74) is 4.52. The van der Waals surface area contributed by atoms with Crippen LogP contribution in [0, 0.1) is 0 Å². The predicted octanol–water partition coefficient (Wildman–Crippen LogP) is 5.18. The third-order valence-corrected chi connectivity index (χ3v) is 4.63. The Morgan fingerprint density at radius 2 is 1.78 bits per heavy atom. The summed E-state index contributed by atoms with van der Waals surface area (Å²) in [4.78, 5) is 9.11. The van der Waals surface area contributed by atoms with Gasteiger partial charge in [-0.15, -0.1) is 11.3 Å². The molecule has 0 spiro atoms. The van der Waals surface area contributed by atoms with Gasteiger partial charge in [0, 0.05) is 28.9 Å². The van der Waals surface area contributed by atoms with Crippen LogP contribution in [-0.2, 0) is 5.41 Å². The Labute approximate surface area is 141 Å². The standard InChI is InChI=1S/C19H20N2OS/c1-19(2,3)16-9-10-20-11-15(16)18-21-17(12-23-18)13-5-7-14(22-4)8-6-13/h5-12H,1-4H3. The quantitative estimate of drug-likeness (QED) is 0.666. The average molecular weight is 324 g/mol. The zero-order chi connectivity index (χ0) is 16.4. The Bertz CT molecular complexity index is 801. The summed E-state index contributed by atoms with van der Waals surface area (Å²) in [6.07, 6.45) is 3.76. The van der Waals surface area contributed by atoms with E-state index in [0.29, 0.717) is 0 Å². The fourth-order valence-electron chi connectivity index (χ4n) is 2.51. The van der Waals surface area contributed by atoms with Crippen molar-refractivity contribution in [1.29, 1.82) is 0 Å². The number of methoxy groups -OCH3 is 1. The molecule has 0 atom stereocenters. The zero-order valence-corrected chi connectivity index (χ0v) is 14.6. The van der Waals surface area contributed by atoms with E-state index in [1.54, 1.807) is 18.4 Å². The van der Waals surface area contributed by atoms with Gasteiger partial charge in [0.05, 0.1) is 12.8 Å². The van der Waals surface area contributed by atoms with Crippen molar-refractivity contribution in [3.8, 4) is 27.6 Å². The van der Waals surface area contributed by atoms with Gasteiger partial charge in [-0.1, -0.05) is 20.8 Å². The zero-order valence-electron chi connectivity index (χ0n) is 13.8. The highest BCUT2D eigenvalue weighted by atomic mass is 32.1. The third-order valence-electron chi connectivity index (χ3n) is 3.75. The van der Waals surface area contributed by atoms with Gasteiger partial charge in [-0.25, -0.2) is 4.98 Å². The molecule has 3 aromatic rings. The summed E-state index contributed by atoms with van der Waals surface area (Å²) in [6.45, 7) is 6.64. The van der Waals surface area contributed by atoms with E-state index in [-0.39, 0.29) is 5.41 Å². The van der Waals surface area contributed by atoms with Crippen LogP contribution in [0.3, 0.4) is 0 Å². The normalized spacial score (nSPS) is 11.5. The van der Waals surface area contributed by atoms with Crippen LogP contribution in [0.5, 0.6) is 5.75 Å². The maximum Gasteiger partial charge on any atom is 0.125 e. The van der Waals surface area contributed by atoms with Crippen LogP contribution < -0.4 is 4.74 Å². The Morgan fingerprint density at radius 3 is 2.43 bits per heavy atom. The molecule has 0 N–H and O–H groups in total. The summed E-state index contributed by atoms with van der Waals surface area (Å²) in [5, 5.41) is 3.10. The Balaban J connectivity index is 1.99. The first-order valence-electron chi connectivity index (χ1n) is 7.54. The van der Waals surface area contributed by atoms with Crippen molar-refractivity contribution in [1.82, 2.24) is 9.97 Å². The number of thiazole rings is 1. The highest BCUT2D eigenvalue weighted by Crippen LogP contribution is 2.35. The lowest BCUT2D eigenvalue weighted by Gasteiger charge is -2.21. The molecule has 0 saturated heterocycles. The third kappa shape index (κ3) is 3.27. The summed E-state index contributed by atoms with van der Waals surface area (Å²) >= 11 is 1.66. The van der Waals surface area contributed by atoms with E-state index in [1.165, 1.54) is 5.56 Å². The van der Waals surface area contributed by atoms with E-state index in [9.17, 15) is 0 Å². The molecule has 0 saturated carbocycles. The molecule has 0 bridgehead atoms. The van der Waals surface area contributed by atoms with Crippen LogP contribution in [0.2, 0.25) is 0 Å². The minimum absolute atomic E-state index is 0.0597. The van der Waals surface area contributed by atoms with Crippen molar-refractivity contribution in [3.05, 3.63) is 53.7 Å². The smallest absolute Gasteiger partial charge is 0.125 e. The molecule has 3 nitrogen and oxygen atoms in total. The average Bonchev–Trinajstić information content (AvgIpc) is 3.04. The van der Waals surface area contributed by atoms with E-state index in [1.807, 2.05) is 36.7 Å². The first-order valence-corrected chi connectivity index (χ1v) is 8.42. The van der Waals surface area contributed by atoms with Gasteiger partial charge in [-0.05, 0) is 41.3 Å². The molecule has 0 aliphatic carbocycles. The summed E-state index contributed by atoms with van der Waals surface area (Å²) in [5.74, 6) is 0.853. The minimum atomic E-state index is 0.0597. The van der Waals surface area contributed by atoms with Gasteiger partial charge >= 0.3 is 0 Å².